The number of hydrogen-bond acceptors (Lipinski definition) is 2. The Morgan fingerprint density at radius 1 is 1.38 bits per heavy atom. The molecule has 2 rings (SSSR count). The Bertz CT molecular complexity index is 514. The number of nitrogens with two attached hydrogens (primary N) is 1. The SMILES string of the molecule is NC(c1cccc(F)c1Cl)c1sccc1Br. The third-order valence-electron chi connectivity index (χ3n) is 2.24. The summed E-state index contributed by atoms with van der Waals surface area (Å²) in [4.78, 5) is 0.938. The van der Waals surface area contributed by atoms with Crippen molar-refractivity contribution >= 4 is 38.9 Å². The minimum atomic E-state index is -0.442. The van der Waals surface area contributed by atoms with Crippen molar-refractivity contribution < 1.29 is 4.39 Å². The topological polar surface area (TPSA) is 26.0 Å². The third kappa shape index (κ3) is 2.15. The van der Waals surface area contributed by atoms with Crippen LogP contribution in [0.15, 0.2) is 34.1 Å². The number of halogens is 3. The lowest BCUT2D eigenvalue weighted by Gasteiger charge is -2.13. The lowest BCUT2D eigenvalue weighted by atomic mass is 10.1. The maximum atomic E-state index is 13.3. The summed E-state index contributed by atoms with van der Waals surface area (Å²) in [6, 6.07) is 6.17. The zero-order valence-electron chi connectivity index (χ0n) is 8.08. The Hall–Kier alpha value is -0.420. The van der Waals surface area contributed by atoms with E-state index in [0.29, 0.717) is 5.56 Å². The highest BCUT2D eigenvalue weighted by Crippen LogP contribution is 2.35. The van der Waals surface area contributed by atoms with Gasteiger partial charge in [0.2, 0.25) is 0 Å². The van der Waals surface area contributed by atoms with Crippen LogP contribution in [0.1, 0.15) is 16.5 Å². The van der Waals surface area contributed by atoms with Crippen LogP contribution in [0.25, 0.3) is 0 Å². The highest BCUT2D eigenvalue weighted by atomic mass is 79.9. The van der Waals surface area contributed by atoms with Crippen LogP contribution in [-0.4, -0.2) is 0 Å². The maximum Gasteiger partial charge on any atom is 0.142 e. The van der Waals surface area contributed by atoms with Crippen LogP contribution >= 0.6 is 38.9 Å². The summed E-state index contributed by atoms with van der Waals surface area (Å²) in [7, 11) is 0. The molecule has 0 saturated carbocycles. The number of rotatable bonds is 2. The second kappa shape index (κ2) is 4.84. The molecule has 0 aliphatic heterocycles. The van der Waals surface area contributed by atoms with E-state index < -0.39 is 11.9 Å². The molecule has 1 heterocycles. The van der Waals surface area contributed by atoms with Crippen LogP contribution in [0.2, 0.25) is 5.02 Å². The van der Waals surface area contributed by atoms with Gasteiger partial charge < -0.3 is 5.73 Å². The molecule has 0 fully saturated rings. The summed E-state index contributed by atoms with van der Waals surface area (Å²) in [5.74, 6) is -0.442. The molecule has 1 aromatic carbocycles. The summed E-state index contributed by atoms with van der Waals surface area (Å²) in [6.07, 6.45) is 0. The van der Waals surface area contributed by atoms with Crippen LogP contribution < -0.4 is 5.73 Å². The molecular weight excluding hydrogens is 313 g/mol. The zero-order valence-corrected chi connectivity index (χ0v) is 11.2. The van der Waals surface area contributed by atoms with E-state index in [1.165, 1.54) is 17.4 Å². The lowest BCUT2D eigenvalue weighted by molar-refractivity contribution is 0.624. The molecular formula is C11H8BrClFNS. The van der Waals surface area contributed by atoms with Gasteiger partial charge >= 0.3 is 0 Å². The molecule has 84 valence electrons. The van der Waals surface area contributed by atoms with Crippen molar-refractivity contribution in [3.63, 3.8) is 0 Å². The van der Waals surface area contributed by atoms with Crippen molar-refractivity contribution in [1.29, 1.82) is 0 Å². The van der Waals surface area contributed by atoms with Crippen molar-refractivity contribution in [3.8, 4) is 0 Å². The monoisotopic (exact) mass is 319 g/mol. The molecule has 0 radical (unpaired) electrons. The maximum absolute atomic E-state index is 13.3. The minimum absolute atomic E-state index is 0.0929. The first-order valence-corrected chi connectivity index (χ1v) is 6.58. The molecule has 1 nitrogen and oxygen atoms in total. The summed E-state index contributed by atoms with van der Waals surface area (Å²) < 4.78 is 14.2. The Balaban J connectivity index is 2.46. The van der Waals surface area contributed by atoms with Gasteiger partial charge in [0.05, 0.1) is 11.1 Å². The summed E-state index contributed by atoms with van der Waals surface area (Å²) in [5.41, 5.74) is 6.66. The van der Waals surface area contributed by atoms with Crippen molar-refractivity contribution in [2.75, 3.05) is 0 Å². The van der Waals surface area contributed by atoms with E-state index >= 15 is 0 Å². The quantitative estimate of drug-likeness (QED) is 0.874. The molecule has 0 bridgehead atoms. The van der Waals surface area contributed by atoms with Gasteiger partial charge in [-0.15, -0.1) is 11.3 Å². The van der Waals surface area contributed by atoms with Gasteiger partial charge in [-0.25, -0.2) is 4.39 Å². The van der Waals surface area contributed by atoms with Crippen molar-refractivity contribution in [3.05, 3.63) is 55.4 Å². The lowest BCUT2D eigenvalue weighted by Crippen LogP contribution is -2.11. The predicted molar refractivity (Wildman–Crippen MR) is 69.5 cm³/mol. The van der Waals surface area contributed by atoms with Crippen molar-refractivity contribution in [2.45, 2.75) is 6.04 Å². The molecule has 5 heteroatoms. The largest absolute Gasteiger partial charge is 0.320 e. The molecule has 16 heavy (non-hydrogen) atoms. The predicted octanol–water partition coefficient (Wildman–Crippen LogP) is 4.35. The van der Waals surface area contributed by atoms with Crippen LogP contribution in [0, 0.1) is 5.82 Å². The molecule has 1 atom stereocenters. The van der Waals surface area contributed by atoms with E-state index in [4.69, 9.17) is 17.3 Å². The van der Waals surface area contributed by atoms with Gasteiger partial charge in [-0.1, -0.05) is 23.7 Å². The van der Waals surface area contributed by atoms with Crippen LogP contribution in [0.3, 0.4) is 0 Å². The molecule has 1 aromatic heterocycles. The molecule has 1 unspecified atom stereocenters. The molecule has 0 aliphatic carbocycles. The summed E-state index contributed by atoms with van der Waals surface area (Å²) in [6.45, 7) is 0. The standard InChI is InChI=1S/C11H8BrClFNS/c12-7-4-5-16-11(7)10(15)6-2-1-3-8(14)9(6)13/h1-5,10H,15H2. The van der Waals surface area contributed by atoms with E-state index in [2.05, 4.69) is 15.9 Å². The van der Waals surface area contributed by atoms with E-state index in [0.717, 1.165) is 9.35 Å². The molecule has 2 aromatic rings. The number of hydrogen-bond donors (Lipinski definition) is 1. The van der Waals surface area contributed by atoms with E-state index in [9.17, 15) is 4.39 Å². The fourth-order valence-corrected chi connectivity index (χ4v) is 3.31. The smallest absolute Gasteiger partial charge is 0.142 e. The van der Waals surface area contributed by atoms with Gasteiger partial charge in [-0.3, -0.25) is 0 Å². The van der Waals surface area contributed by atoms with Crippen molar-refractivity contribution in [1.82, 2.24) is 0 Å². The average molecular weight is 321 g/mol. The first-order valence-electron chi connectivity index (χ1n) is 4.53. The second-order valence-electron chi connectivity index (χ2n) is 3.25. The molecule has 0 spiro atoms. The fraction of sp³-hybridized carbons (Fsp3) is 0.0909. The first-order chi connectivity index (χ1) is 7.61. The highest BCUT2D eigenvalue weighted by molar-refractivity contribution is 9.10. The van der Waals surface area contributed by atoms with Gasteiger partial charge in [0.25, 0.3) is 0 Å². The molecule has 0 saturated heterocycles. The number of thiophene rings is 1. The minimum Gasteiger partial charge on any atom is -0.320 e. The van der Waals surface area contributed by atoms with Gasteiger partial charge in [-0.2, -0.15) is 0 Å². The Morgan fingerprint density at radius 2 is 2.12 bits per heavy atom. The van der Waals surface area contributed by atoms with Crippen LogP contribution in [-0.2, 0) is 0 Å². The van der Waals surface area contributed by atoms with E-state index in [1.807, 2.05) is 11.4 Å². The molecule has 0 aliphatic rings. The summed E-state index contributed by atoms with van der Waals surface area (Å²) in [5, 5.41) is 2.02. The Kier molecular flexibility index (Phi) is 3.64. The molecule has 0 amide bonds. The third-order valence-corrected chi connectivity index (χ3v) is 4.60. The van der Waals surface area contributed by atoms with E-state index in [-0.39, 0.29) is 5.02 Å². The first kappa shape index (κ1) is 12.0. The van der Waals surface area contributed by atoms with Gasteiger partial charge in [-0.05, 0) is 39.0 Å². The zero-order chi connectivity index (χ0) is 11.7. The van der Waals surface area contributed by atoms with Crippen LogP contribution in [0.5, 0.6) is 0 Å². The fourth-order valence-electron chi connectivity index (χ4n) is 1.43. The normalized spacial score (nSPS) is 12.8. The number of benzene rings is 1. The van der Waals surface area contributed by atoms with Gasteiger partial charge in [0.15, 0.2) is 0 Å². The Labute approximate surface area is 110 Å². The highest BCUT2D eigenvalue weighted by Gasteiger charge is 2.17. The van der Waals surface area contributed by atoms with Gasteiger partial charge in [0, 0.05) is 9.35 Å². The molecule has 2 N–H and O–H groups in total. The average Bonchev–Trinajstić information content (AvgIpc) is 2.68. The van der Waals surface area contributed by atoms with Gasteiger partial charge in [0.1, 0.15) is 5.82 Å². The second-order valence-corrected chi connectivity index (χ2v) is 5.43. The van der Waals surface area contributed by atoms with Crippen molar-refractivity contribution in [2.24, 2.45) is 5.73 Å². The summed E-state index contributed by atoms with van der Waals surface area (Å²) >= 11 is 10.8. The Morgan fingerprint density at radius 3 is 2.75 bits per heavy atom. The van der Waals surface area contributed by atoms with Crippen LogP contribution in [0.4, 0.5) is 4.39 Å². The van der Waals surface area contributed by atoms with E-state index in [1.54, 1.807) is 12.1 Å².